The second-order valence-electron chi connectivity index (χ2n) is 9.27. The van der Waals surface area contributed by atoms with Crippen molar-refractivity contribution in [3.8, 4) is 0 Å². The Morgan fingerprint density at radius 1 is 1.25 bits per heavy atom. The van der Waals surface area contributed by atoms with E-state index < -0.39 is 0 Å². The molecular formula is C22H33N4O2+. The Labute approximate surface area is 167 Å². The fourth-order valence-electron chi connectivity index (χ4n) is 6.32. The van der Waals surface area contributed by atoms with Gasteiger partial charge in [-0.15, -0.1) is 0 Å². The van der Waals surface area contributed by atoms with Crippen molar-refractivity contribution in [2.45, 2.75) is 57.5 Å². The zero-order valence-corrected chi connectivity index (χ0v) is 17.0. The van der Waals surface area contributed by atoms with Crippen molar-refractivity contribution >= 4 is 17.4 Å². The van der Waals surface area contributed by atoms with Crippen LogP contribution in [-0.2, 0) is 9.53 Å². The van der Waals surface area contributed by atoms with Crippen LogP contribution in [0.3, 0.4) is 0 Å². The number of carbonyl (C=O) groups is 1. The fourth-order valence-corrected chi connectivity index (χ4v) is 6.32. The average Bonchev–Trinajstić information content (AvgIpc) is 3.45. The molecule has 0 aromatic carbocycles. The largest absolute Gasteiger partial charge is 0.381 e. The van der Waals surface area contributed by atoms with E-state index in [9.17, 15) is 4.79 Å². The van der Waals surface area contributed by atoms with Crippen LogP contribution in [0.1, 0.15) is 45.4 Å². The van der Waals surface area contributed by atoms with Gasteiger partial charge in [0.1, 0.15) is 11.9 Å². The smallest absolute Gasteiger partial charge is 0.234 e. The second kappa shape index (κ2) is 7.08. The minimum Gasteiger partial charge on any atom is -0.381 e. The van der Waals surface area contributed by atoms with Crippen LogP contribution in [0.4, 0.5) is 11.5 Å². The number of quaternary nitrogens is 1. The molecule has 5 rings (SSSR count). The summed E-state index contributed by atoms with van der Waals surface area (Å²) in [6.45, 7) is 8.03. The molecule has 0 saturated carbocycles. The van der Waals surface area contributed by atoms with Crippen LogP contribution in [0.2, 0.25) is 0 Å². The van der Waals surface area contributed by atoms with Crippen LogP contribution >= 0.6 is 0 Å². The molecule has 6 heteroatoms. The first-order valence-corrected chi connectivity index (χ1v) is 11.1. The lowest BCUT2D eigenvalue weighted by molar-refractivity contribution is -0.130. The van der Waals surface area contributed by atoms with Crippen molar-refractivity contribution in [1.82, 2.24) is 14.8 Å². The molecule has 3 atom stereocenters. The highest BCUT2D eigenvalue weighted by atomic mass is 16.5. The number of ether oxygens (including phenoxy) is 1. The fraction of sp³-hybridized carbons (Fsp3) is 0.727. The Morgan fingerprint density at radius 3 is 2.75 bits per heavy atom. The summed E-state index contributed by atoms with van der Waals surface area (Å²) >= 11 is 0. The first-order chi connectivity index (χ1) is 13.7. The van der Waals surface area contributed by atoms with E-state index in [-0.39, 0.29) is 11.3 Å². The van der Waals surface area contributed by atoms with Gasteiger partial charge < -0.3 is 10.1 Å². The molecular weight excluding hydrogens is 352 g/mol. The molecule has 0 bridgehead atoms. The molecule has 28 heavy (non-hydrogen) atoms. The predicted octanol–water partition coefficient (Wildman–Crippen LogP) is 2.47. The van der Waals surface area contributed by atoms with Crippen molar-refractivity contribution in [1.29, 1.82) is 0 Å². The van der Waals surface area contributed by atoms with Gasteiger partial charge in [0, 0.05) is 58.2 Å². The van der Waals surface area contributed by atoms with Crippen molar-refractivity contribution in [2.24, 2.45) is 5.41 Å². The number of amides is 1. The third-order valence-corrected chi connectivity index (χ3v) is 8.07. The molecule has 1 spiro atoms. The molecule has 4 aliphatic rings. The summed E-state index contributed by atoms with van der Waals surface area (Å²) in [7, 11) is 0. The molecule has 1 aromatic heterocycles. The highest BCUT2D eigenvalue weighted by Gasteiger charge is 2.50. The standard InChI is InChI=1S/C22H33N4O2/c1-17-3-2-12-26(17,19-6-10-23-15-19)18-4-5-20(24-16-18)25-11-7-22(21(25)27)8-13-28-14-9-22/h4-5,16-17,19,23H,2-3,6-15H2,1H3/q+1/t17-,19-,26?/m0/s1. The lowest BCUT2D eigenvalue weighted by Crippen LogP contribution is -2.59. The minimum absolute atomic E-state index is 0.203. The maximum Gasteiger partial charge on any atom is 0.234 e. The zero-order valence-electron chi connectivity index (χ0n) is 17.0. The second-order valence-corrected chi connectivity index (χ2v) is 9.27. The van der Waals surface area contributed by atoms with E-state index in [1.165, 1.54) is 31.5 Å². The number of likely N-dealkylation sites (tertiary alicyclic amines) is 1. The number of anilines is 1. The number of hydrogen-bond donors (Lipinski definition) is 1. The lowest BCUT2D eigenvalue weighted by Gasteiger charge is -2.43. The third kappa shape index (κ3) is 2.72. The van der Waals surface area contributed by atoms with Crippen molar-refractivity contribution < 1.29 is 9.53 Å². The minimum atomic E-state index is -0.203. The van der Waals surface area contributed by atoms with Crippen molar-refractivity contribution in [3.63, 3.8) is 0 Å². The Kier molecular flexibility index (Phi) is 4.68. The van der Waals surface area contributed by atoms with Gasteiger partial charge in [-0.05, 0) is 32.3 Å². The average molecular weight is 386 g/mol. The highest BCUT2D eigenvalue weighted by Crippen LogP contribution is 2.43. The molecule has 5 heterocycles. The first kappa shape index (κ1) is 18.5. The van der Waals surface area contributed by atoms with E-state index in [1.807, 2.05) is 4.90 Å². The van der Waals surface area contributed by atoms with Gasteiger partial charge in [-0.2, -0.15) is 0 Å². The summed E-state index contributed by atoms with van der Waals surface area (Å²) in [5.41, 5.74) is 1.13. The predicted molar refractivity (Wildman–Crippen MR) is 110 cm³/mol. The Hall–Kier alpha value is -1.50. The zero-order chi connectivity index (χ0) is 19.2. The number of hydrogen-bond acceptors (Lipinski definition) is 4. The van der Waals surface area contributed by atoms with Crippen LogP contribution < -0.4 is 14.7 Å². The summed E-state index contributed by atoms with van der Waals surface area (Å²) in [6, 6.07) is 5.63. The van der Waals surface area contributed by atoms with Gasteiger partial charge in [-0.1, -0.05) is 0 Å². The summed E-state index contributed by atoms with van der Waals surface area (Å²) < 4.78 is 6.56. The van der Waals surface area contributed by atoms with Gasteiger partial charge in [0.2, 0.25) is 5.91 Å². The van der Waals surface area contributed by atoms with E-state index in [1.54, 1.807) is 0 Å². The van der Waals surface area contributed by atoms with Gasteiger partial charge in [-0.25, -0.2) is 4.98 Å². The SMILES string of the molecule is C[C@H]1CCC[N+]1(c1ccc(N2CCC3(CCOCC3)C2=O)nc1)[C@H]1CCNC1. The normalized spacial score (nSPS) is 35.2. The maximum absolute atomic E-state index is 13.2. The van der Waals surface area contributed by atoms with Crippen molar-refractivity contribution in [3.05, 3.63) is 18.3 Å². The summed E-state index contributed by atoms with van der Waals surface area (Å²) in [4.78, 5) is 19.9. The Bertz CT molecular complexity index is 725. The van der Waals surface area contributed by atoms with E-state index in [0.717, 1.165) is 49.2 Å². The number of nitrogens with zero attached hydrogens (tertiary/aromatic N) is 3. The maximum atomic E-state index is 13.2. The molecule has 0 radical (unpaired) electrons. The van der Waals surface area contributed by atoms with Gasteiger partial charge in [0.05, 0.1) is 24.2 Å². The molecule has 1 aromatic rings. The topological polar surface area (TPSA) is 54.5 Å². The molecule has 0 aliphatic carbocycles. The molecule has 152 valence electrons. The molecule has 1 amide bonds. The highest BCUT2D eigenvalue weighted by molar-refractivity contribution is 5.99. The number of nitrogens with one attached hydrogen (secondary N) is 1. The molecule has 4 fully saturated rings. The van der Waals surface area contributed by atoms with Gasteiger partial charge in [0.25, 0.3) is 0 Å². The van der Waals surface area contributed by atoms with Gasteiger partial charge in [0.15, 0.2) is 5.69 Å². The number of pyridine rings is 1. The number of carbonyl (C=O) groups excluding carboxylic acids is 1. The van der Waals surface area contributed by atoms with Crippen LogP contribution in [0.5, 0.6) is 0 Å². The van der Waals surface area contributed by atoms with Crippen LogP contribution in [0.25, 0.3) is 0 Å². The van der Waals surface area contributed by atoms with Crippen LogP contribution in [0, 0.1) is 5.41 Å². The quantitative estimate of drug-likeness (QED) is 0.812. The van der Waals surface area contributed by atoms with Gasteiger partial charge in [-0.3, -0.25) is 14.2 Å². The molecule has 4 aliphatic heterocycles. The van der Waals surface area contributed by atoms with Crippen LogP contribution in [0.15, 0.2) is 18.3 Å². The monoisotopic (exact) mass is 385 g/mol. The van der Waals surface area contributed by atoms with E-state index in [2.05, 4.69) is 30.6 Å². The molecule has 6 nitrogen and oxygen atoms in total. The van der Waals surface area contributed by atoms with Crippen LogP contribution in [-0.4, -0.2) is 62.4 Å². The van der Waals surface area contributed by atoms with Gasteiger partial charge >= 0.3 is 0 Å². The Morgan fingerprint density at radius 2 is 2.11 bits per heavy atom. The molecule has 4 saturated heterocycles. The van der Waals surface area contributed by atoms with E-state index in [0.29, 0.717) is 25.3 Å². The summed E-state index contributed by atoms with van der Waals surface area (Å²) in [5, 5.41) is 3.56. The first-order valence-electron chi connectivity index (χ1n) is 11.1. The van der Waals surface area contributed by atoms with Crippen molar-refractivity contribution in [2.75, 3.05) is 44.3 Å². The lowest BCUT2D eigenvalue weighted by atomic mass is 9.79. The molecule has 1 N–H and O–H groups in total. The Balaban J connectivity index is 1.40. The van der Waals surface area contributed by atoms with E-state index >= 15 is 0 Å². The summed E-state index contributed by atoms with van der Waals surface area (Å²) in [5.74, 6) is 1.08. The van der Waals surface area contributed by atoms with E-state index in [4.69, 9.17) is 9.72 Å². The summed E-state index contributed by atoms with van der Waals surface area (Å²) in [6.07, 6.45) is 8.52. The third-order valence-electron chi connectivity index (χ3n) is 8.07. The number of rotatable bonds is 3. The molecule has 1 unspecified atom stereocenters. The number of aromatic nitrogens is 1.